The minimum atomic E-state index is -0.226. The normalized spacial score (nSPS) is 20.8. The topological polar surface area (TPSA) is 78.4 Å². The van der Waals surface area contributed by atoms with E-state index in [1.54, 1.807) is 32.6 Å². The van der Waals surface area contributed by atoms with E-state index in [1.807, 2.05) is 24.3 Å². The standard InChI is InChI=1S/C18H22N4O2/c1-22(2)18(24)12-6-7-16(20-11-12)21-17(13-9-14(23)10-13)15-5-3-4-8-19-15/h3-8,11,13-14,17,23H,9-10H2,1-2H3,(H,20,21)/t13?,14?,17-/m0/s1. The Bertz CT molecular complexity index is 682. The van der Waals surface area contributed by atoms with E-state index >= 15 is 0 Å². The average molecular weight is 326 g/mol. The Morgan fingerprint density at radius 3 is 2.58 bits per heavy atom. The molecule has 0 spiro atoms. The van der Waals surface area contributed by atoms with Gasteiger partial charge in [-0.25, -0.2) is 4.98 Å². The van der Waals surface area contributed by atoms with E-state index in [9.17, 15) is 9.90 Å². The number of pyridine rings is 2. The molecule has 126 valence electrons. The Kier molecular flexibility index (Phi) is 4.76. The lowest BCUT2D eigenvalue weighted by molar-refractivity contribution is 0.0333. The molecular formula is C18H22N4O2. The number of rotatable bonds is 5. The van der Waals surface area contributed by atoms with Gasteiger partial charge in [0.25, 0.3) is 5.91 Å². The number of hydrogen-bond donors (Lipinski definition) is 2. The molecule has 2 heterocycles. The maximum Gasteiger partial charge on any atom is 0.254 e. The third kappa shape index (κ3) is 3.54. The van der Waals surface area contributed by atoms with Crippen LogP contribution in [0, 0.1) is 5.92 Å². The van der Waals surface area contributed by atoms with Gasteiger partial charge in [-0.2, -0.15) is 0 Å². The Hall–Kier alpha value is -2.47. The van der Waals surface area contributed by atoms with Gasteiger partial charge in [0.1, 0.15) is 5.82 Å². The van der Waals surface area contributed by atoms with Gasteiger partial charge in [-0.3, -0.25) is 9.78 Å². The first-order valence-electron chi connectivity index (χ1n) is 8.08. The summed E-state index contributed by atoms with van der Waals surface area (Å²) in [7, 11) is 3.43. The highest BCUT2D eigenvalue weighted by molar-refractivity contribution is 5.93. The van der Waals surface area contributed by atoms with Crippen LogP contribution in [0.2, 0.25) is 0 Å². The molecule has 0 radical (unpaired) electrons. The number of aliphatic hydroxyl groups excluding tert-OH is 1. The van der Waals surface area contributed by atoms with Crippen molar-refractivity contribution in [3.05, 3.63) is 54.0 Å². The van der Waals surface area contributed by atoms with E-state index in [4.69, 9.17) is 0 Å². The van der Waals surface area contributed by atoms with Crippen molar-refractivity contribution in [2.75, 3.05) is 19.4 Å². The van der Waals surface area contributed by atoms with Crippen LogP contribution in [0.3, 0.4) is 0 Å². The van der Waals surface area contributed by atoms with Crippen molar-refractivity contribution in [1.29, 1.82) is 0 Å². The zero-order valence-corrected chi connectivity index (χ0v) is 13.9. The summed E-state index contributed by atoms with van der Waals surface area (Å²) in [5.41, 5.74) is 1.49. The van der Waals surface area contributed by atoms with Crippen LogP contribution < -0.4 is 5.32 Å². The summed E-state index contributed by atoms with van der Waals surface area (Å²) < 4.78 is 0. The number of carbonyl (C=O) groups excluding carboxylic acids is 1. The number of hydrogen-bond acceptors (Lipinski definition) is 5. The molecule has 1 aliphatic rings. The molecular weight excluding hydrogens is 304 g/mol. The predicted molar refractivity (Wildman–Crippen MR) is 91.6 cm³/mol. The van der Waals surface area contributed by atoms with Crippen molar-refractivity contribution >= 4 is 11.7 Å². The Balaban J connectivity index is 1.76. The molecule has 0 aromatic carbocycles. The van der Waals surface area contributed by atoms with Crippen molar-refractivity contribution in [3.8, 4) is 0 Å². The van der Waals surface area contributed by atoms with Crippen LogP contribution in [0.15, 0.2) is 42.7 Å². The quantitative estimate of drug-likeness (QED) is 0.880. The zero-order chi connectivity index (χ0) is 17.1. The molecule has 0 saturated heterocycles. The summed E-state index contributed by atoms with van der Waals surface area (Å²) in [6.45, 7) is 0. The highest BCUT2D eigenvalue weighted by Gasteiger charge is 2.35. The summed E-state index contributed by atoms with van der Waals surface area (Å²) >= 11 is 0. The van der Waals surface area contributed by atoms with Crippen molar-refractivity contribution in [2.24, 2.45) is 5.92 Å². The van der Waals surface area contributed by atoms with Crippen molar-refractivity contribution in [2.45, 2.75) is 25.0 Å². The maximum absolute atomic E-state index is 11.9. The van der Waals surface area contributed by atoms with E-state index < -0.39 is 0 Å². The summed E-state index contributed by atoms with van der Waals surface area (Å²) in [6, 6.07) is 9.39. The molecule has 1 atom stereocenters. The van der Waals surface area contributed by atoms with E-state index in [0.29, 0.717) is 17.3 Å². The van der Waals surface area contributed by atoms with Gasteiger partial charge in [-0.05, 0) is 43.0 Å². The minimum absolute atomic E-state index is 0.00231. The fourth-order valence-corrected chi connectivity index (χ4v) is 2.92. The second-order valence-electron chi connectivity index (χ2n) is 6.39. The lowest BCUT2D eigenvalue weighted by Gasteiger charge is -2.38. The molecule has 0 unspecified atom stereocenters. The molecule has 3 rings (SSSR count). The van der Waals surface area contributed by atoms with E-state index in [0.717, 1.165) is 18.5 Å². The van der Waals surface area contributed by atoms with Crippen LogP contribution in [0.1, 0.15) is 34.9 Å². The highest BCUT2D eigenvalue weighted by atomic mass is 16.3. The summed E-state index contributed by atoms with van der Waals surface area (Å²) in [5.74, 6) is 0.944. The van der Waals surface area contributed by atoms with Crippen LogP contribution >= 0.6 is 0 Å². The first kappa shape index (κ1) is 16.4. The number of carbonyl (C=O) groups is 1. The highest BCUT2D eigenvalue weighted by Crippen LogP contribution is 2.39. The first-order chi connectivity index (χ1) is 11.5. The van der Waals surface area contributed by atoms with Gasteiger partial charge in [-0.15, -0.1) is 0 Å². The largest absolute Gasteiger partial charge is 0.393 e. The third-order valence-corrected chi connectivity index (χ3v) is 4.35. The smallest absolute Gasteiger partial charge is 0.254 e. The Morgan fingerprint density at radius 2 is 2.04 bits per heavy atom. The van der Waals surface area contributed by atoms with Gasteiger partial charge in [-0.1, -0.05) is 6.07 Å². The third-order valence-electron chi connectivity index (χ3n) is 4.35. The lowest BCUT2D eigenvalue weighted by Crippen LogP contribution is -2.36. The number of aromatic nitrogens is 2. The Morgan fingerprint density at radius 1 is 1.25 bits per heavy atom. The molecule has 1 aliphatic carbocycles. The fraction of sp³-hybridized carbons (Fsp3) is 0.389. The molecule has 1 fully saturated rings. The second kappa shape index (κ2) is 6.97. The molecule has 6 heteroatoms. The minimum Gasteiger partial charge on any atom is -0.393 e. The molecule has 24 heavy (non-hydrogen) atoms. The number of nitrogens with one attached hydrogen (secondary N) is 1. The van der Waals surface area contributed by atoms with Crippen molar-refractivity contribution in [3.63, 3.8) is 0 Å². The van der Waals surface area contributed by atoms with Crippen LogP contribution in [0.25, 0.3) is 0 Å². The van der Waals surface area contributed by atoms with Crippen LogP contribution in [-0.2, 0) is 0 Å². The molecule has 2 N–H and O–H groups in total. The average Bonchev–Trinajstić information content (AvgIpc) is 2.58. The van der Waals surface area contributed by atoms with Gasteiger partial charge >= 0.3 is 0 Å². The number of aliphatic hydroxyl groups is 1. The Labute approximate surface area is 141 Å². The van der Waals surface area contributed by atoms with Gasteiger partial charge in [0.2, 0.25) is 0 Å². The zero-order valence-electron chi connectivity index (χ0n) is 13.9. The first-order valence-corrected chi connectivity index (χ1v) is 8.08. The molecule has 1 saturated carbocycles. The lowest BCUT2D eigenvalue weighted by atomic mass is 9.76. The molecule has 2 aromatic heterocycles. The van der Waals surface area contributed by atoms with Crippen LogP contribution in [0.4, 0.5) is 5.82 Å². The molecule has 6 nitrogen and oxygen atoms in total. The van der Waals surface area contributed by atoms with Gasteiger partial charge < -0.3 is 15.3 Å². The van der Waals surface area contributed by atoms with E-state index in [2.05, 4.69) is 15.3 Å². The van der Waals surface area contributed by atoms with E-state index in [1.165, 1.54) is 4.90 Å². The van der Waals surface area contributed by atoms with Crippen LogP contribution in [-0.4, -0.2) is 46.1 Å². The van der Waals surface area contributed by atoms with Gasteiger partial charge in [0.15, 0.2) is 0 Å². The summed E-state index contributed by atoms with van der Waals surface area (Å²) in [5, 5.41) is 13.0. The summed E-state index contributed by atoms with van der Waals surface area (Å²) in [4.78, 5) is 22.2. The van der Waals surface area contributed by atoms with E-state index in [-0.39, 0.29) is 18.1 Å². The SMILES string of the molecule is CN(C)C(=O)c1ccc(N[C@H](c2ccccn2)C2CC(O)C2)nc1. The van der Waals surface area contributed by atoms with Gasteiger partial charge in [0, 0.05) is 26.5 Å². The van der Waals surface area contributed by atoms with Crippen LogP contribution in [0.5, 0.6) is 0 Å². The molecule has 2 aromatic rings. The predicted octanol–water partition coefficient (Wildman–Crippen LogP) is 2.10. The summed E-state index contributed by atoms with van der Waals surface area (Å²) in [6.07, 6.45) is 4.63. The second-order valence-corrected chi connectivity index (χ2v) is 6.39. The molecule has 1 amide bonds. The molecule has 0 aliphatic heterocycles. The number of nitrogens with zero attached hydrogens (tertiary/aromatic N) is 3. The van der Waals surface area contributed by atoms with Crippen molar-refractivity contribution in [1.82, 2.24) is 14.9 Å². The van der Waals surface area contributed by atoms with Gasteiger partial charge in [0.05, 0.1) is 23.4 Å². The molecule has 0 bridgehead atoms. The maximum atomic E-state index is 11.9. The monoisotopic (exact) mass is 326 g/mol. The fourth-order valence-electron chi connectivity index (χ4n) is 2.92. The number of anilines is 1. The van der Waals surface area contributed by atoms with Crippen molar-refractivity contribution < 1.29 is 9.90 Å². The number of amides is 1.